The van der Waals surface area contributed by atoms with E-state index < -0.39 is 12.0 Å². The number of amides is 1. The van der Waals surface area contributed by atoms with Gasteiger partial charge in [0.15, 0.2) is 0 Å². The van der Waals surface area contributed by atoms with Crippen LogP contribution in [0.2, 0.25) is 5.02 Å². The molecule has 2 aromatic rings. The Labute approximate surface area is 176 Å². The van der Waals surface area contributed by atoms with Crippen molar-refractivity contribution in [3.8, 4) is 0 Å². The first kappa shape index (κ1) is 22.3. The molecule has 150 valence electrons. The number of nitrogens with one attached hydrogen (secondary N) is 1. The average molecular weight is 420 g/mol. The van der Waals surface area contributed by atoms with Crippen LogP contribution in [0.5, 0.6) is 0 Å². The van der Waals surface area contributed by atoms with Crippen LogP contribution in [-0.4, -0.2) is 29.9 Å². The molecular weight excluding hydrogens is 394 g/mol. The van der Waals surface area contributed by atoms with E-state index in [0.717, 1.165) is 11.3 Å². The lowest BCUT2D eigenvalue weighted by molar-refractivity contribution is -0.147. The topological polar surface area (TPSA) is 55.4 Å². The number of halogens is 1. The van der Waals surface area contributed by atoms with Crippen LogP contribution in [0.1, 0.15) is 47.7 Å². The van der Waals surface area contributed by atoms with Gasteiger partial charge in [-0.2, -0.15) is 11.8 Å². The molecular formula is C22H26ClNO3S. The van der Waals surface area contributed by atoms with Crippen molar-refractivity contribution in [1.29, 1.82) is 0 Å². The molecule has 0 saturated carbocycles. The maximum Gasteiger partial charge on any atom is 0.329 e. The van der Waals surface area contributed by atoms with E-state index in [4.69, 9.17) is 16.3 Å². The van der Waals surface area contributed by atoms with Gasteiger partial charge in [0.1, 0.15) is 12.6 Å². The van der Waals surface area contributed by atoms with E-state index in [0.29, 0.717) is 22.9 Å². The Bertz CT molecular complexity index is 775. The Morgan fingerprint density at radius 3 is 2.29 bits per heavy atom. The van der Waals surface area contributed by atoms with Gasteiger partial charge in [0.25, 0.3) is 5.91 Å². The smallest absolute Gasteiger partial charge is 0.329 e. The maximum absolute atomic E-state index is 12.6. The number of rotatable bonds is 9. The highest BCUT2D eigenvalue weighted by Gasteiger charge is 2.22. The molecule has 6 heteroatoms. The van der Waals surface area contributed by atoms with Crippen molar-refractivity contribution in [3.05, 3.63) is 70.2 Å². The second kappa shape index (κ2) is 11.1. The lowest BCUT2D eigenvalue weighted by atomic mass is 10.0. The third-order valence-electron chi connectivity index (χ3n) is 4.33. The number of thioether (sulfide) groups is 1. The Hall–Kier alpha value is -1.98. The van der Waals surface area contributed by atoms with E-state index in [1.807, 2.05) is 30.5 Å². The summed E-state index contributed by atoms with van der Waals surface area (Å²) in [7, 11) is 0. The number of carbonyl (C=O) groups is 2. The summed E-state index contributed by atoms with van der Waals surface area (Å²) in [5, 5.41) is 3.33. The molecule has 0 aliphatic heterocycles. The highest BCUT2D eigenvalue weighted by atomic mass is 35.5. The van der Waals surface area contributed by atoms with Gasteiger partial charge in [0.05, 0.1) is 0 Å². The van der Waals surface area contributed by atoms with Crippen LogP contribution in [0, 0.1) is 0 Å². The summed E-state index contributed by atoms with van der Waals surface area (Å²) in [5.41, 5.74) is 2.61. The Morgan fingerprint density at radius 2 is 1.71 bits per heavy atom. The Morgan fingerprint density at radius 1 is 1.07 bits per heavy atom. The van der Waals surface area contributed by atoms with Crippen molar-refractivity contribution >= 4 is 35.2 Å². The number of carbonyl (C=O) groups excluding carboxylic acids is 2. The second-order valence-corrected chi connectivity index (χ2v) is 8.24. The third-order valence-corrected chi connectivity index (χ3v) is 5.23. The summed E-state index contributed by atoms with van der Waals surface area (Å²) in [6.45, 7) is 4.45. The van der Waals surface area contributed by atoms with Crippen LogP contribution in [0.3, 0.4) is 0 Å². The van der Waals surface area contributed by atoms with Crippen molar-refractivity contribution in [1.82, 2.24) is 5.32 Å². The van der Waals surface area contributed by atoms with Crippen LogP contribution >= 0.6 is 23.4 Å². The van der Waals surface area contributed by atoms with Crippen molar-refractivity contribution in [3.63, 3.8) is 0 Å². The fourth-order valence-electron chi connectivity index (χ4n) is 2.58. The van der Waals surface area contributed by atoms with Gasteiger partial charge in [0.2, 0.25) is 0 Å². The van der Waals surface area contributed by atoms with Gasteiger partial charge < -0.3 is 10.1 Å². The molecule has 0 heterocycles. The van der Waals surface area contributed by atoms with E-state index in [1.54, 1.807) is 36.0 Å². The van der Waals surface area contributed by atoms with E-state index >= 15 is 0 Å². The lowest BCUT2D eigenvalue weighted by Gasteiger charge is -2.17. The zero-order valence-electron chi connectivity index (χ0n) is 16.4. The lowest BCUT2D eigenvalue weighted by Crippen LogP contribution is -2.42. The molecule has 1 N–H and O–H groups in total. The standard InChI is InChI=1S/C22H26ClNO3S/c1-15(2)17-6-4-16(5-7-17)14-27-22(26)20(12-13-28-3)24-21(25)18-8-10-19(23)11-9-18/h4-11,15,20H,12-14H2,1-3H3,(H,24,25)/t20-/m1/s1. The largest absolute Gasteiger partial charge is 0.459 e. The summed E-state index contributed by atoms with van der Waals surface area (Å²) in [6.07, 6.45) is 2.46. The molecule has 0 radical (unpaired) electrons. The fraction of sp³-hybridized carbons (Fsp3) is 0.364. The van der Waals surface area contributed by atoms with Gasteiger partial charge in [-0.15, -0.1) is 0 Å². The average Bonchev–Trinajstić information content (AvgIpc) is 2.69. The van der Waals surface area contributed by atoms with Crippen LogP contribution in [0.25, 0.3) is 0 Å². The quantitative estimate of drug-likeness (QED) is 0.577. The molecule has 0 unspecified atom stereocenters. The first-order chi connectivity index (χ1) is 13.4. The molecule has 0 spiro atoms. The molecule has 0 aliphatic rings. The van der Waals surface area contributed by atoms with Gasteiger partial charge >= 0.3 is 5.97 Å². The van der Waals surface area contributed by atoms with Crippen LogP contribution in [-0.2, 0) is 16.1 Å². The highest BCUT2D eigenvalue weighted by molar-refractivity contribution is 7.98. The van der Waals surface area contributed by atoms with E-state index in [-0.39, 0.29) is 12.5 Å². The van der Waals surface area contributed by atoms with E-state index in [2.05, 4.69) is 19.2 Å². The predicted octanol–water partition coefficient (Wildman–Crippen LogP) is 5.06. The molecule has 1 amide bonds. The van der Waals surface area contributed by atoms with Gasteiger partial charge in [-0.25, -0.2) is 4.79 Å². The van der Waals surface area contributed by atoms with Crippen molar-refractivity contribution in [2.24, 2.45) is 0 Å². The molecule has 0 fully saturated rings. The number of hydrogen-bond donors (Lipinski definition) is 1. The molecule has 0 saturated heterocycles. The number of hydrogen-bond acceptors (Lipinski definition) is 4. The SMILES string of the molecule is CSCC[C@@H](NC(=O)c1ccc(Cl)cc1)C(=O)OCc1ccc(C(C)C)cc1. The second-order valence-electron chi connectivity index (χ2n) is 6.82. The summed E-state index contributed by atoms with van der Waals surface area (Å²) in [4.78, 5) is 25.0. The van der Waals surface area contributed by atoms with E-state index in [1.165, 1.54) is 5.56 Å². The fourth-order valence-corrected chi connectivity index (χ4v) is 3.18. The molecule has 1 atom stereocenters. The molecule has 4 nitrogen and oxygen atoms in total. The highest BCUT2D eigenvalue weighted by Crippen LogP contribution is 2.16. The minimum Gasteiger partial charge on any atom is -0.459 e. The molecule has 2 aromatic carbocycles. The predicted molar refractivity (Wildman–Crippen MR) is 116 cm³/mol. The maximum atomic E-state index is 12.6. The van der Waals surface area contributed by atoms with Gasteiger partial charge in [0, 0.05) is 10.6 Å². The minimum atomic E-state index is -0.689. The third kappa shape index (κ3) is 6.88. The van der Waals surface area contributed by atoms with Gasteiger partial charge in [-0.3, -0.25) is 4.79 Å². The van der Waals surface area contributed by atoms with Crippen LogP contribution in [0.15, 0.2) is 48.5 Å². The zero-order chi connectivity index (χ0) is 20.5. The summed E-state index contributed by atoms with van der Waals surface area (Å²) in [6, 6.07) is 13.9. The minimum absolute atomic E-state index is 0.184. The molecule has 2 rings (SSSR count). The monoisotopic (exact) mass is 419 g/mol. The van der Waals surface area contributed by atoms with Gasteiger partial charge in [-0.1, -0.05) is 49.7 Å². The molecule has 0 aliphatic carbocycles. The number of benzene rings is 2. The summed E-state index contributed by atoms with van der Waals surface area (Å²) < 4.78 is 5.46. The van der Waals surface area contributed by atoms with Crippen LogP contribution < -0.4 is 5.32 Å². The first-order valence-electron chi connectivity index (χ1n) is 9.21. The molecule has 0 bridgehead atoms. The van der Waals surface area contributed by atoms with Crippen molar-refractivity contribution in [2.45, 2.75) is 38.8 Å². The first-order valence-corrected chi connectivity index (χ1v) is 11.0. The van der Waals surface area contributed by atoms with Gasteiger partial charge in [-0.05, 0) is 59.7 Å². The Kier molecular flexibility index (Phi) is 8.87. The Balaban J connectivity index is 1.97. The molecule has 28 heavy (non-hydrogen) atoms. The number of ether oxygens (including phenoxy) is 1. The number of esters is 1. The summed E-state index contributed by atoms with van der Waals surface area (Å²) >= 11 is 7.47. The molecule has 0 aromatic heterocycles. The van der Waals surface area contributed by atoms with Crippen molar-refractivity contribution < 1.29 is 14.3 Å². The zero-order valence-corrected chi connectivity index (χ0v) is 18.0. The van der Waals surface area contributed by atoms with E-state index in [9.17, 15) is 9.59 Å². The normalized spacial score (nSPS) is 11.9. The summed E-state index contributed by atoms with van der Waals surface area (Å²) in [5.74, 6) is 0.449. The van der Waals surface area contributed by atoms with Crippen molar-refractivity contribution in [2.75, 3.05) is 12.0 Å². The van der Waals surface area contributed by atoms with Crippen LogP contribution in [0.4, 0.5) is 0 Å².